The highest BCUT2D eigenvalue weighted by Gasteiger charge is 2.11. The number of allylic oxidation sites excluding steroid dienone is 1. The lowest BCUT2D eigenvalue weighted by Crippen LogP contribution is -2.25. The maximum Gasteiger partial charge on any atom is 0.0927 e. The Labute approximate surface area is 84.1 Å². The molecule has 1 aromatic carbocycles. The van der Waals surface area contributed by atoms with Gasteiger partial charge in [0.15, 0.2) is 0 Å². The molecule has 0 spiro atoms. The summed E-state index contributed by atoms with van der Waals surface area (Å²) < 4.78 is 0. The second kappa shape index (κ2) is 3.97. The molecule has 0 fully saturated rings. The number of rotatable bonds is 1. The SMILES string of the molecule is N#C/C=C/N1CCc2ccccc2C1. The first-order valence-corrected chi connectivity index (χ1v) is 4.77. The van der Waals surface area contributed by atoms with E-state index in [0.29, 0.717) is 0 Å². The zero-order valence-electron chi connectivity index (χ0n) is 7.98. The van der Waals surface area contributed by atoms with E-state index in [1.165, 1.54) is 17.2 Å². The highest BCUT2D eigenvalue weighted by atomic mass is 15.1. The summed E-state index contributed by atoms with van der Waals surface area (Å²) in [4.78, 5) is 2.17. The van der Waals surface area contributed by atoms with Gasteiger partial charge in [0.1, 0.15) is 0 Å². The molecular weight excluding hydrogens is 172 g/mol. The van der Waals surface area contributed by atoms with E-state index >= 15 is 0 Å². The van der Waals surface area contributed by atoms with Crippen molar-refractivity contribution < 1.29 is 0 Å². The number of nitrogens with zero attached hydrogens (tertiary/aromatic N) is 2. The quantitative estimate of drug-likeness (QED) is 0.625. The number of hydrogen-bond acceptors (Lipinski definition) is 2. The molecule has 2 nitrogen and oxygen atoms in total. The van der Waals surface area contributed by atoms with E-state index < -0.39 is 0 Å². The van der Waals surface area contributed by atoms with Crippen molar-refractivity contribution in [1.82, 2.24) is 4.90 Å². The van der Waals surface area contributed by atoms with E-state index in [9.17, 15) is 0 Å². The Hall–Kier alpha value is -1.75. The molecule has 1 aliphatic rings. The van der Waals surface area contributed by atoms with Crippen molar-refractivity contribution in [3.05, 3.63) is 47.7 Å². The summed E-state index contributed by atoms with van der Waals surface area (Å²) in [5.74, 6) is 0. The topological polar surface area (TPSA) is 27.0 Å². The van der Waals surface area contributed by atoms with Crippen LogP contribution in [0.15, 0.2) is 36.5 Å². The third kappa shape index (κ3) is 1.77. The number of fused-ring (bicyclic) bond motifs is 1. The average molecular weight is 184 g/mol. The summed E-state index contributed by atoms with van der Waals surface area (Å²) in [5.41, 5.74) is 2.82. The zero-order chi connectivity index (χ0) is 9.80. The first-order valence-electron chi connectivity index (χ1n) is 4.77. The van der Waals surface area contributed by atoms with Gasteiger partial charge in [-0.15, -0.1) is 0 Å². The molecule has 0 atom stereocenters. The van der Waals surface area contributed by atoms with Crippen molar-refractivity contribution in [1.29, 1.82) is 5.26 Å². The van der Waals surface area contributed by atoms with Crippen molar-refractivity contribution in [3.8, 4) is 6.07 Å². The van der Waals surface area contributed by atoms with Gasteiger partial charge in [-0.1, -0.05) is 24.3 Å². The second-order valence-corrected chi connectivity index (χ2v) is 3.43. The molecule has 0 amide bonds. The van der Waals surface area contributed by atoms with Crippen LogP contribution in [0, 0.1) is 11.3 Å². The molecule has 2 rings (SSSR count). The number of nitriles is 1. The molecule has 14 heavy (non-hydrogen) atoms. The molecular formula is C12H12N2. The van der Waals surface area contributed by atoms with E-state index in [1.807, 2.05) is 12.3 Å². The minimum atomic E-state index is 0.925. The van der Waals surface area contributed by atoms with Crippen LogP contribution in [0.1, 0.15) is 11.1 Å². The first-order chi connectivity index (χ1) is 6.90. The molecule has 0 saturated heterocycles. The van der Waals surface area contributed by atoms with E-state index in [0.717, 1.165) is 19.5 Å². The maximum atomic E-state index is 8.43. The van der Waals surface area contributed by atoms with Crippen LogP contribution in [0.4, 0.5) is 0 Å². The van der Waals surface area contributed by atoms with Crippen LogP contribution in [0.2, 0.25) is 0 Å². The van der Waals surface area contributed by atoms with Crippen LogP contribution in [0.3, 0.4) is 0 Å². The average Bonchev–Trinajstić information content (AvgIpc) is 2.26. The summed E-state index contributed by atoms with van der Waals surface area (Å²) in [6.07, 6.45) is 4.48. The van der Waals surface area contributed by atoms with Gasteiger partial charge in [-0.3, -0.25) is 0 Å². The van der Waals surface area contributed by atoms with Gasteiger partial charge in [-0.05, 0) is 17.5 Å². The van der Waals surface area contributed by atoms with Crippen molar-refractivity contribution in [3.63, 3.8) is 0 Å². The maximum absolute atomic E-state index is 8.43. The summed E-state index contributed by atoms with van der Waals surface area (Å²) in [5, 5.41) is 8.43. The molecule has 0 bridgehead atoms. The highest BCUT2D eigenvalue weighted by Crippen LogP contribution is 2.18. The molecule has 2 heteroatoms. The Balaban J connectivity index is 2.14. The summed E-state index contributed by atoms with van der Waals surface area (Å²) in [6, 6.07) is 10.5. The Morgan fingerprint density at radius 2 is 2.07 bits per heavy atom. The second-order valence-electron chi connectivity index (χ2n) is 3.43. The van der Waals surface area contributed by atoms with E-state index in [2.05, 4.69) is 29.2 Å². The van der Waals surface area contributed by atoms with Gasteiger partial charge in [-0.2, -0.15) is 5.26 Å². The van der Waals surface area contributed by atoms with Crippen molar-refractivity contribution in [2.75, 3.05) is 6.54 Å². The van der Waals surface area contributed by atoms with Crippen molar-refractivity contribution in [2.45, 2.75) is 13.0 Å². The van der Waals surface area contributed by atoms with Gasteiger partial charge in [0.2, 0.25) is 0 Å². The fourth-order valence-corrected chi connectivity index (χ4v) is 1.78. The minimum Gasteiger partial charge on any atom is -0.372 e. The van der Waals surface area contributed by atoms with Crippen molar-refractivity contribution in [2.24, 2.45) is 0 Å². The van der Waals surface area contributed by atoms with Gasteiger partial charge in [0.05, 0.1) is 6.07 Å². The normalized spacial score (nSPS) is 15.2. The van der Waals surface area contributed by atoms with Crippen LogP contribution in [0.25, 0.3) is 0 Å². The van der Waals surface area contributed by atoms with Crippen molar-refractivity contribution >= 4 is 0 Å². The van der Waals surface area contributed by atoms with E-state index in [-0.39, 0.29) is 0 Å². The fraction of sp³-hybridized carbons (Fsp3) is 0.250. The smallest absolute Gasteiger partial charge is 0.0927 e. The molecule has 70 valence electrons. The largest absolute Gasteiger partial charge is 0.372 e. The molecule has 1 aliphatic heterocycles. The van der Waals surface area contributed by atoms with Gasteiger partial charge in [-0.25, -0.2) is 0 Å². The predicted molar refractivity (Wildman–Crippen MR) is 55.3 cm³/mol. The Bertz CT molecular complexity index is 388. The molecule has 0 saturated carbocycles. The Morgan fingerprint density at radius 3 is 2.86 bits per heavy atom. The molecule has 0 aliphatic carbocycles. The van der Waals surface area contributed by atoms with Crippen LogP contribution >= 0.6 is 0 Å². The molecule has 0 unspecified atom stereocenters. The third-order valence-corrected chi connectivity index (χ3v) is 2.52. The zero-order valence-corrected chi connectivity index (χ0v) is 7.98. The monoisotopic (exact) mass is 184 g/mol. The van der Waals surface area contributed by atoms with Gasteiger partial charge >= 0.3 is 0 Å². The van der Waals surface area contributed by atoms with Crippen LogP contribution in [0.5, 0.6) is 0 Å². The van der Waals surface area contributed by atoms with Crippen LogP contribution < -0.4 is 0 Å². The summed E-state index contributed by atoms with van der Waals surface area (Å²) >= 11 is 0. The predicted octanol–water partition coefficient (Wildman–Crippen LogP) is 2.08. The lowest BCUT2D eigenvalue weighted by molar-refractivity contribution is 0.353. The van der Waals surface area contributed by atoms with E-state index in [1.54, 1.807) is 0 Å². The molecule has 0 radical (unpaired) electrons. The van der Waals surface area contributed by atoms with E-state index in [4.69, 9.17) is 5.26 Å². The highest BCUT2D eigenvalue weighted by molar-refractivity contribution is 5.29. The standard InChI is InChI=1S/C12H12N2/c13-7-3-8-14-9-6-11-4-1-2-5-12(11)10-14/h1-5,8H,6,9-10H2/b8-3+. The lowest BCUT2D eigenvalue weighted by atomic mass is 10.0. The Morgan fingerprint density at radius 1 is 1.29 bits per heavy atom. The number of benzene rings is 1. The minimum absolute atomic E-state index is 0.925. The van der Waals surface area contributed by atoms with Gasteiger partial charge in [0.25, 0.3) is 0 Å². The third-order valence-electron chi connectivity index (χ3n) is 2.52. The van der Waals surface area contributed by atoms with Crippen LogP contribution in [-0.2, 0) is 13.0 Å². The van der Waals surface area contributed by atoms with Crippen LogP contribution in [-0.4, -0.2) is 11.4 Å². The molecule has 0 aromatic heterocycles. The summed E-state index contributed by atoms with van der Waals surface area (Å²) in [7, 11) is 0. The molecule has 0 N–H and O–H groups in total. The lowest BCUT2D eigenvalue weighted by Gasteiger charge is -2.27. The molecule has 1 aromatic rings. The molecule has 1 heterocycles. The summed E-state index contributed by atoms with van der Waals surface area (Å²) in [6.45, 7) is 1.93. The fourth-order valence-electron chi connectivity index (χ4n) is 1.78. The number of hydrogen-bond donors (Lipinski definition) is 0. The van der Waals surface area contributed by atoms with Gasteiger partial charge < -0.3 is 4.90 Å². The van der Waals surface area contributed by atoms with Gasteiger partial charge in [0, 0.05) is 25.4 Å². The first kappa shape index (κ1) is 8.83. The Kier molecular flexibility index (Phi) is 2.51.